The van der Waals surface area contributed by atoms with Crippen LogP contribution in [0.4, 0.5) is 0 Å². The maximum absolute atomic E-state index is 13.0. The van der Waals surface area contributed by atoms with E-state index in [0.717, 1.165) is 11.1 Å². The van der Waals surface area contributed by atoms with Crippen molar-refractivity contribution >= 4 is 16.2 Å². The maximum atomic E-state index is 13.0. The maximum Gasteiger partial charge on any atom is 0.245 e. The molecule has 0 saturated carbocycles. The van der Waals surface area contributed by atoms with Crippen LogP contribution in [0.1, 0.15) is 16.7 Å². The Kier molecular flexibility index (Phi) is 3.98. The predicted octanol–water partition coefficient (Wildman–Crippen LogP) is 3.64. The van der Waals surface area contributed by atoms with Crippen LogP contribution < -0.4 is 0 Å². The Morgan fingerprint density at radius 2 is 1.42 bits per heavy atom. The summed E-state index contributed by atoms with van der Waals surface area (Å²) in [5.41, 5.74) is 1.27. The first-order valence-corrected chi connectivity index (χ1v) is 9.75. The van der Waals surface area contributed by atoms with Gasteiger partial charge in [-0.25, -0.2) is 8.42 Å². The lowest BCUT2D eigenvalue weighted by Crippen LogP contribution is -2.40. The molecule has 1 heterocycles. The highest BCUT2D eigenvalue weighted by molar-refractivity contribution is 7.89. The fourth-order valence-corrected chi connectivity index (χ4v) is 5.04. The zero-order valence-corrected chi connectivity index (χ0v) is 15.1. The Morgan fingerprint density at radius 1 is 0.846 bits per heavy atom. The van der Waals surface area contributed by atoms with E-state index in [2.05, 4.69) is 0 Å². The molecule has 0 N–H and O–H groups in total. The Morgan fingerprint density at radius 3 is 2.12 bits per heavy atom. The fraction of sp³-hybridized carbons (Fsp3) is 0.0952. The van der Waals surface area contributed by atoms with Gasteiger partial charge in [0.2, 0.25) is 10.0 Å². The van der Waals surface area contributed by atoms with Crippen molar-refractivity contribution in [3.05, 3.63) is 102 Å². The molecule has 3 aromatic carbocycles. The third-order valence-electron chi connectivity index (χ3n) is 4.73. The second-order valence-corrected chi connectivity index (χ2v) is 8.11. The topological polar surface area (TPSA) is 49.7 Å². The van der Waals surface area contributed by atoms with E-state index in [1.807, 2.05) is 72.8 Å². The van der Waals surface area contributed by atoms with Gasteiger partial charge >= 0.3 is 0 Å². The lowest BCUT2D eigenvalue weighted by atomic mass is 9.91. The number of aliphatic imine (C=N–C) groups is 1. The highest BCUT2D eigenvalue weighted by atomic mass is 32.2. The molecular weight excluding hydrogens is 344 g/mol. The molecule has 0 aromatic heterocycles. The average molecular weight is 362 g/mol. The smallest absolute Gasteiger partial charge is 0.245 e. The lowest BCUT2D eigenvalue weighted by molar-refractivity contribution is 0.301. The average Bonchev–Trinajstić information content (AvgIpc) is 2.87. The van der Waals surface area contributed by atoms with Crippen molar-refractivity contribution in [2.75, 3.05) is 7.05 Å². The van der Waals surface area contributed by atoms with Gasteiger partial charge in [0, 0.05) is 18.8 Å². The molecule has 1 aliphatic rings. The van der Waals surface area contributed by atoms with Crippen molar-refractivity contribution in [2.24, 2.45) is 4.99 Å². The van der Waals surface area contributed by atoms with Crippen LogP contribution in [0.25, 0.3) is 0 Å². The summed E-state index contributed by atoms with van der Waals surface area (Å²) in [5.74, 6) is 0. The van der Waals surface area contributed by atoms with E-state index in [0.29, 0.717) is 10.5 Å². The van der Waals surface area contributed by atoms with Crippen molar-refractivity contribution in [1.82, 2.24) is 4.31 Å². The van der Waals surface area contributed by atoms with Gasteiger partial charge < -0.3 is 0 Å². The molecule has 0 saturated heterocycles. The molecule has 130 valence electrons. The van der Waals surface area contributed by atoms with Gasteiger partial charge in [-0.3, -0.25) is 4.99 Å². The highest BCUT2D eigenvalue weighted by Gasteiger charge is 2.53. The quantitative estimate of drug-likeness (QED) is 0.668. The molecule has 4 rings (SSSR count). The normalized spacial score (nSPS) is 21.7. The minimum absolute atomic E-state index is 0.302. The number of hydrogen-bond donors (Lipinski definition) is 0. The van der Waals surface area contributed by atoms with E-state index in [4.69, 9.17) is 4.99 Å². The second-order valence-electron chi connectivity index (χ2n) is 6.18. The molecule has 0 radical (unpaired) electrons. The van der Waals surface area contributed by atoms with Crippen LogP contribution in [0.15, 0.2) is 94.8 Å². The van der Waals surface area contributed by atoms with Gasteiger partial charge in [0.1, 0.15) is 0 Å². The Hall–Kier alpha value is -2.76. The summed E-state index contributed by atoms with van der Waals surface area (Å²) in [7, 11) is -2.04. The zero-order valence-electron chi connectivity index (χ0n) is 14.3. The van der Waals surface area contributed by atoms with Crippen molar-refractivity contribution in [3.63, 3.8) is 0 Å². The van der Waals surface area contributed by atoms with Gasteiger partial charge in [0.15, 0.2) is 5.66 Å². The molecule has 5 heteroatoms. The summed E-state index contributed by atoms with van der Waals surface area (Å²) < 4.78 is 27.4. The molecule has 0 aliphatic carbocycles. The number of hydrogen-bond acceptors (Lipinski definition) is 3. The summed E-state index contributed by atoms with van der Waals surface area (Å²) in [4.78, 5) is 5.14. The Labute approximate surface area is 153 Å². The summed E-state index contributed by atoms with van der Waals surface area (Å²) >= 11 is 0. The molecule has 1 atom stereocenters. The Balaban J connectivity index is 2.01. The van der Waals surface area contributed by atoms with Crippen LogP contribution in [0.5, 0.6) is 0 Å². The first-order valence-electron chi connectivity index (χ1n) is 8.31. The standard InChI is InChI=1S/C21H18N2O2S/c1-23-21(18-12-6-3-7-13-18,22-16-17-10-4-2-5-11-17)19-14-8-9-15-20(19)26(23,24)25/h2-16H,1H3/b22-16+. The molecule has 0 fully saturated rings. The van der Waals surface area contributed by atoms with Crippen LogP contribution in [0.3, 0.4) is 0 Å². The van der Waals surface area contributed by atoms with Gasteiger partial charge in [-0.05, 0) is 17.2 Å². The summed E-state index contributed by atoms with van der Waals surface area (Å²) in [6, 6.07) is 26.3. The van der Waals surface area contributed by atoms with Crippen LogP contribution in [0, 0.1) is 0 Å². The number of fused-ring (bicyclic) bond motifs is 1. The third-order valence-corrected chi connectivity index (χ3v) is 6.63. The number of nitrogens with zero attached hydrogens (tertiary/aromatic N) is 2. The minimum Gasteiger partial charge on any atom is -0.260 e. The molecule has 0 amide bonds. The molecule has 26 heavy (non-hydrogen) atoms. The Bertz CT molecular complexity index is 1060. The largest absolute Gasteiger partial charge is 0.260 e. The number of sulfonamides is 1. The van der Waals surface area contributed by atoms with Crippen LogP contribution in [-0.2, 0) is 15.7 Å². The van der Waals surface area contributed by atoms with Crippen molar-refractivity contribution in [3.8, 4) is 0 Å². The van der Waals surface area contributed by atoms with Gasteiger partial charge in [0.05, 0.1) is 4.90 Å². The van der Waals surface area contributed by atoms with E-state index in [1.165, 1.54) is 4.31 Å². The minimum atomic E-state index is -3.62. The molecule has 1 unspecified atom stereocenters. The summed E-state index contributed by atoms with van der Waals surface area (Å²) in [6.07, 6.45) is 1.74. The van der Waals surface area contributed by atoms with E-state index in [-0.39, 0.29) is 0 Å². The van der Waals surface area contributed by atoms with Crippen molar-refractivity contribution in [1.29, 1.82) is 0 Å². The van der Waals surface area contributed by atoms with Crippen LogP contribution >= 0.6 is 0 Å². The second kappa shape index (κ2) is 6.20. The summed E-state index contributed by atoms with van der Waals surface area (Å²) in [5, 5.41) is 0. The number of rotatable bonds is 3. The van der Waals surface area contributed by atoms with Gasteiger partial charge in [0.25, 0.3) is 0 Å². The van der Waals surface area contributed by atoms with E-state index in [1.54, 1.807) is 25.4 Å². The van der Waals surface area contributed by atoms with Gasteiger partial charge in [-0.1, -0.05) is 78.9 Å². The first kappa shape index (κ1) is 16.7. The van der Waals surface area contributed by atoms with Crippen LogP contribution in [-0.4, -0.2) is 26.0 Å². The van der Waals surface area contributed by atoms with Crippen molar-refractivity contribution < 1.29 is 8.42 Å². The molecule has 0 spiro atoms. The van der Waals surface area contributed by atoms with Gasteiger partial charge in [-0.2, -0.15) is 4.31 Å². The summed E-state index contributed by atoms with van der Waals surface area (Å²) in [6.45, 7) is 0. The van der Waals surface area contributed by atoms with E-state index < -0.39 is 15.7 Å². The van der Waals surface area contributed by atoms with E-state index in [9.17, 15) is 8.42 Å². The first-order chi connectivity index (χ1) is 12.6. The molecule has 1 aliphatic heterocycles. The molecule has 0 bridgehead atoms. The number of benzene rings is 3. The molecule has 4 nitrogen and oxygen atoms in total. The van der Waals surface area contributed by atoms with Gasteiger partial charge in [-0.15, -0.1) is 0 Å². The molecule has 3 aromatic rings. The predicted molar refractivity (Wildman–Crippen MR) is 103 cm³/mol. The fourth-order valence-electron chi connectivity index (χ4n) is 3.41. The zero-order chi connectivity index (χ0) is 18.2. The highest BCUT2D eigenvalue weighted by Crippen LogP contribution is 2.48. The van der Waals surface area contributed by atoms with Crippen molar-refractivity contribution in [2.45, 2.75) is 10.6 Å². The molecular formula is C21H18N2O2S. The van der Waals surface area contributed by atoms with Crippen LogP contribution in [0.2, 0.25) is 0 Å². The SMILES string of the molecule is CN1C(/N=C/c2ccccc2)(c2ccccc2)c2ccccc2S1(=O)=O. The third kappa shape index (κ3) is 2.40. The monoisotopic (exact) mass is 362 g/mol. The van der Waals surface area contributed by atoms with E-state index >= 15 is 0 Å². The lowest BCUT2D eigenvalue weighted by Gasteiger charge is -2.32.